The largest absolute Gasteiger partial charge is 0.459 e. The highest BCUT2D eigenvalue weighted by Gasteiger charge is 2.46. The van der Waals surface area contributed by atoms with E-state index in [1.165, 1.54) is 6.92 Å². The monoisotopic (exact) mass is 531 g/mol. The summed E-state index contributed by atoms with van der Waals surface area (Å²) >= 11 is 0. The van der Waals surface area contributed by atoms with Crippen LogP contribution in [-0.2, 0) is 23.8 Å². The normalized spacial score (nSPS) is 45.4. The summed E-state index contributed by atoms with van der Waals surface area (Å²) in [5, 5.41) is 43.9. The van der Waals surface area contributed by atoms with E-state index in [4.69, 9.17) is 14.2 Å². The van der Waals surface area contributed by atoms with E-state index in [1.54, 1.807) is 27.7 Å². The van der Waals surface area contributed by atoms with Crippen molar-refractivity contribution in [3.05, 3.63) is 0 Å². The van der Waals surface area contributed by atoms with Gasteiger partial charge in [0.25, 0.3) is 0 Å². The summed E-state index contributed by atoms with van der Waals surface area (Å²) in [5.74, 6) is -3.23. The van der Waals surface area contributed by atoms with Gasteiger partial charge in [-0.05, 0) is 60.5 Å². The van der Waals surface area contributed by atoms with Crippen molar-refractivity contribution in [2.45, 2.75) is 128 Å². The standard InChI is InChI=1S/C27H49NO9/c1-9-21-27(6,34)24(32)17(5)22(30)14(2)10-11-18(13-20(29)16(4)25(33)37-21)36-26-23(31)19(28(7)8)12-15(3)35-26/h14-21,23-24,26,29,31-32,34H,9-13H2,1-8H3/t14-,15+,16-,17+,18+,19+,20+,21-,23-,24-,26+,27-/m1/s1. The van der Waals surface area contributed by atoms with Gasteiger partial charge in [0.05, 0.1) is 30.3 Å². The molecular formula is C27H49NO9. The number of hydrogen-bond donors (Lipinski definition) is 4. The lowest BCUT2D eigenvalue weighted by molar-refractivity contribution is -0.271. The number of esters is 1. The molecule has 12 atom stereocenters. The Balaban J connectivity index is 2.32. The molecule has 0 aromatic carbocycles. The first-order valence-electron chi connectivity index (χ1n) is 13.6. The summed E-state index contributed by atoms with van der Waals surface area (Å²) in [7, 11) is 3.76. The zero-order valence-corrected chi connectivity index (χ0v) is 23.7. The molecule has 2 saturated heterocycles. The predicted molar refractivity (Wildman–Crippen MR) is 136 cm³/mol. The molecule has 2 heterocycles. The van der Waals surface area contributed by atoms with Crippen LogP contribution in [0.5, 0.6) is 0 Å². The van der Waals surface area contributed by atoms with Gasteiger partial charge in [-0.15, -0.1) is 0 Å². The van der Waals surface area contributed by atoms with Gasteiger partial charge in [0.2, 0.25) is 0 Å². The van der Waals surface area contributed by atoms with Gasteiger partial charge >= 0.3 is 5.97 Å². The van der Waals surface area contributed by atoms with Crippen LogP contribution < -0.4 is 0 Å². The van der Waals surface area contributed by atoms with Crippen LogP contribution in [0, 0.1) is 17.8 Å². The number of ketones is 1. The second kappa shape index (κ2) is 13.3. The number of Topliss-reactive ketones (excluding diaryl/α,β-unsaturated/α-hetero) is 1. The Morgan fingerprint density at radius 1 is 1.03 bits per heavy atom. The molecule has 10 nitrogen and oxygen atoms in total. The summed E-state index contributed by atoms with van der Waals surface area (Å²) in [6.07, 6.45) is -4.61. The third-order valence-electron chi connectivity index (χ3n) is 8.27. The van der Waals surface area contributed by atoms with E-state index in [-0.39, 0.29) is 30.8 Å². The topological polar surface area (TPSA) is 146 Å². The van der Waals surface area contributed by atoms with E-state index < -0.39 is 66.1 Å². The predicted octanol–water partition coefficient (Wildman–Crippen LogP) is 1.25. The first-order valence-corrected chi connectivity index (χ1v) is 13.6. The Morgan fingerprint density at radius 3 is 2.22 bits per heavy atom. The molecule has 2 fully saturated rings. The van der Waals surface area contributed by atoms with Crippen molar-refractivity contribution in [1.29, 1.82) is 0 Å². The average Bonchev–Trinajstić information content (AvgIpc) is 2.84. The maximum absolute atomic E-state index is 13.2. The van der Waals surface area contributed by atoms with Gasteiger partial charge in [0.15, 0.2) is 6.29 Å². The van der Waals surface area contributed by atoms with Crippen LogP contribution in [0.2, 0.25) is 0 Å². The van der Waals surface area contributed by atoms with Crippen molar-refractivity contribution in [2.24, 2.45) is 17.8 Å². The van der Waals surface area contributed by atoms with Crippen LogP contribution in [-0.4, -0.2) is 106 Å². The number of aliphatic hydroxyl groups is 4. The fourth-order valence-electron chi connectivity index (χ4n) is 5.46. The number of ether oxygens (including phenoxy) is 3. The van der Waals surface area contributed by atoms with E-state index in [0.717, 1.165) is 0 Å². The molecular weight excluding hydrogens is 482 g/mol. The van der Waals surface area contributed by atoms with Crippen molar-refractivity contribution in [3.63, 3.8) is 0 Å². The molecule has 10 heteroatoms. The molecule has 216 valence electrons. The first kappa shape index (κ1) is 32.1. The van der Waals surface area contributed by atoms with Crippen LogP contribution in [0.1, 0.15) is 73.6 Å². The van der Waals surface area contributed by atoms with Gasteiger partial charge in [-0.25, -0.2) is 0 Å². The molecule has 0 aliphatic carbocycles. The molecule has 0 aromatic heterocycles. The number of carbonyl (C=O) groups excluding carboxylic acids is 2. The van der Waals surface area contributed by atoms with E-state index in [9.17, 15) is 30.0 Å². The summed E-state index contributed by atoms with van der Waals surface area (Å²) in [6.45, 7) is 9.84. The summed E-state index contributed by atoms with van der Waals surface area (Å²) < 4.78 is 17.7. The smallest absolute Gasteiger partial charge is 0.311 e. The van der Waals surface area contributed by atoms with Gasteiger partial charge in [0, 0.05) is 24.3 Å². The molecule has 0 aromatic rings. The number of hydrogen-bond acceptors (Lipinski definition) is 10. The highest BCUT2D eigenvalue weighted by atomic mass is 16.7. The van der Waals surface area contributed by atoms with Crippen molar-refractivity contribution in [1.82, 2.24) is 4.90 Å². The van der Waals surface area contributed by atoms with Crippen LogP contribution in [0.3, 0.4) is 0 Å². The fraction of sp³-hybridized carbons (Fsp3) is 0.926. The number of carbonyl (C=O) groups is 2. The zero-order valence-electron chi connectivity index (χ0n) is 23.7. The Hall–Kier alpha value is -1.14. The third-order valence-corrected chi connectivity index (χ3v) is 8.27. The third kappa shape index (κ3) is 7.71. The molecule has 0 saturated carbocycles. The fourth-order valence-corrected chi connectivity index (χ4v) is 5.46. The molecule has 4 N–H and O–H groups in total. The second-order valence-electron chi connectivity index (χ2n) is 11.6. The lowest BCUT2D eigenvalue weighted by Crippen LogP contribution is -2.56. The van der Waals surface area contributed by atoms with Crippen molar-refractivity contribution >= 4 is 11.8 Å². The van der Waals surface area contributed by atoms with E-state index in [2.05, 4.69) is 0 Å². The minimum absolute atomic E-state index is 0.0656. The molecule has 0 radical (unpaired) electrons. The van der Waals surface area contributed by atoms with E-state index in [1.807, 2.05) is 25.9 Å². The van der Waals surface area contributed by atoms with Crippen LogP contribution >= 0.6 is 0 Å². The van der Waals surface area contributed by atoms with E-state index >= 15 is 0 Å². The van der Waals surface area contributed by atoms with Gasteiger partial charge in [-0.1, -0.05) is 20.8 Å². The molecule has 37 heavy (non-hydrogen) atoms. The lowest BCUT2D eigenvalue weighted by Gasteiger charge is -2.42. The quantitative estimate of drug-likeness (QED) is 0.391. The van der Waals surface area contributed by atoms with Crippen molar-refractivity contribution < 1.29 is 44.2 Å². The number of aliphatic hydroxyl groups excluding tert-OH is 3. The zero-order chi connectivity index (χ0) is 28.2. The second-order valence-corrected chi connectivity index (χ2v) is 11.6. The van der Waals surface area contributed by atoms with Crippen LogP contribution in [0.4, 0.5) is 0 Å². The Bertz CT molecular complexity index is 760. The molecule has 2 aliphatic heterocycles. The first-order chi connectivity index (χ1) is 17.1. The Morgan fingerprint density at radius 2 is 1.65 bits per heavy atom. The van der Waals surface area contributed by atoms with Crippen LogP contribution in [0.15, 0.2) is 0 Å². The molecule has 0 spiro atoms. The van der Waals surface area contributed by atoms with Crippen LogP contribution in [0.25, 0.3) is 0 Å². The lowest BCUT2D eigenvalue weighted by atomic mass is 9.78. The molecule has 2 rings (SSSR count). The Kier molecular flexibility index (Phi) is 11.5. The van der Waals surface area contributed by atoms with Gasteiger partial charge in [-0.3, -0.25) is 9.59 Å². The highest BCUT2D eigenvalue weighted by Crippen LogP contribution is 2.32. The number of likely N-dealkylation sites (N-methyl/N-ethyl adjacent to an activating group) is 1. The molecule has 0 bridgehead atoms. The molecule has 0 amide bonds. The number of cyclic esters (lactones) is 1. The minimum atomic E-state index is -1.85. The summed E-state index contributed by atoms with van der Waals surface area (Å²) in [4.78, 5) is 28.0. The summed E-state index contributed by atoms with van der Waals surface area (Å²) in [5.41, 5.74) is -1.85. The molecule has 2 aliphatic rings. The maximum Gasteiger partial charge on any atom is 0.311 e. The highest BCUT2D eigenvalue weighted by molar-refractivity contribution is 5.83. The van der Waals surface area contributed by atoms with Crippen molar-refractivity contribution in [3.8, 4) is 0 Å². The SMILES string of the molecule is CC[C@H]1OC(=O)[C@H](C)[C@@H](O)C[C@@H](O[C@@H]2O[C@@H](C)C[C@H](N(C)C)[C@H]2O)CC[C@@H](C)C(=O)[C@H](C)[C@@H](O)[C@]1(C)O. The van der Waals surface area contributed by atoms with Gasteiger partial charge in [-0.2, -0.15) is 0 Å². The Labute approximate surface area is 221 Å². The van der Waals surface area contributed by atoms with E-state index in [0.29, 0.717) is 19.3 Å². The van der Waals surface area contributed by atoms with Gasteiger partial charge in [0.1, 0.15) is 23.6 Å². The van der Waals surface area contributed by atoms with Gasteiger partial charge < -0.3 is 39.5 Å². The average molecular weight is 532 g/mol. The van der Waals surface area contributed by atoms with Crippen molar-refractivity contribution in [2.75, 3.05) is 14.1 Å². The maximum atomic E-state index is 13.2. The molecule has 0 unspecified atom stereocenters. The number of nitrogens with zero attached hydrogens (tertiary/aromatic N) is 1. The minimum Gasteiger partial charge on any atom is -0.459 e. The summed E-state index contributed by atoms with van der Waals surface area (Å²) in [6, 6.07) is -0.173. The number of rotatable bonds is 4.